The van der Waals surface area contributed by atoms with Crippen LogP contribution in [0.25, 0.3) is 0 Å². The summed E-state index contributed by atoms with van der Waals surface area (Å²) in [5.74, 6) is 0.580. The summed E-state index contributed by atoms with van der Waals surface area (Å²) in [6.45, 7) is 8.83. The fourth-order valence-electron chi connectivity index (χ4n) is 4.24. The first-order chi connectivity index (χ1) is 12.1. The van der Waals surface area contributed by atoms with Crippen LogP contribution in [0.3, 0.4) is 0 Å². The maximum atomic E-state index is 12.2. The Kier molecular flexibility index (Phi) is 6.16. The molecule has 0 radical (unpaired) electrons. The van der Waals surface area contributed by atoms with Crippen LogP contribution in [0.5, 0.6) is 5.75 Å². The number of hydrogen-bond acceptors (Lipinski definition) is 4. The minimum atomic E-state index is -0.751. The molecule has 2 amide bonds. The van der Waals surface area contributed by atoms with Crippen molar-refractivity contribution in [2.24, 2.45) is 16.6 Å². The highest BCUT2D eigenvalue weighted by molar-refractivity contribution is 5.70. The maximum absolute atomic E-state index is 12.2. The van der Waals surface area contributed by atoms with Gasteiger partial charge < -0.3 is 20.5 Å². The van der Waals surface area contributed by atoms with Crippen molar-refractivity contribution in [2.45, 2.75) is 59.5 Å². The smallest absolute Gasteiger partial charge is 0.412 e. The van der Waals surface area contributed by atoms with Gasteiger partial charge in [-0.15, -0.1) is 0 Å². The van der Waals surface area contributed by atoms with Gasteiger partial charge in [0.2, 0.25) is 0 Å². The first kappa shape index (κ1) is 20.1. The number of nitrogens with one attached hydrogen (secondary N) is 1. The Morgan fingerprint density at radius 1 is 1.23 bits per heavy atom. The van der Waals surface area contributed by atoms with Crippen molar-refractivity contribution in [2.75, 3.05) is 6.54 Å². The number of benzene rings is 1. The van der Waals surface area contributed by atoms with Crippen molar-refractivity contribution in [1.29, 1.82) is 0 Å². The van der Waals surface area contributed by atoms with E-state index in [2.05, 4.69) is 26.1 Å². The number of ether oxygens (including phenoxy) is 2. The van der Waals surface area contributed by atoms with Gasteiger partial charge in [-0.05, 0) is 48.1 Å². The first-order valence-corrected chi connectivity index (χ1v) is 9.12. The Labute approximate surface area is 155 Å². The highest BCUT2D eigenvalue weighted by Gasteiger charge is 2.42. The summed E-state index contributed by atoms with van der Waals surface area (Å²) in [7, 11) is 0. The molecule has 0 heterocycles. The number of rotatable bonds is 5. The fourth-order valence-corrected chi connectivity index (χ4v) is 4.24. The van der Waals surface area contributed by atoms with Gasteiger partial charge in [-0.1, -0.05) is 45.9 Å². The third kappa shape index (κ3) is 5.64. The Hall–Kier alpha value is -2.24. The molecule has 2 atom stereocenters. The Morgan fingerprint density at radius 3 is 2.58 bits per heavy atom. The molecule has 6 nitrogen and oxygen atoms in total. The molecule has 1 saturated carbocycles. The maximum Gasteiger partial charge on any atom is 0.412 e. The van der Waals surface area contributed by atoms with Crippen molar-refractivity contribution >= 4 is 12.2 Å². The minimum absolute atomic E-state index is 0.00644. The molecule has 1 aromatic rings. The molecule has 1 aromatic carbocycles. The lowest BCUT2D eigenvalue weighted by molar-refractivity contribution is -0.0163. The van der Waals surface area contributed by atoms with Gasteiger partial charge >= 0.3 is 12.2 Å². The molecular weight excluding hydrogens is 332 g/mol. The number of nitrogens with two attached hydrogens (primary N) is 1. The number of hydrogen-bond donors (Lipinski definition) is 2. The lowest BCUT2D eigenvalue weighted by Gasteiger charge is -2.45. The predicted octanol–water partition coefficient (Wildman–Crippen LogP) is 4.02. The summed E-state index contributed by atoms with van der Waals surface area (Å²) >= 11 is 0. The second kappa shape index (κ2) is 7.98. The zero-order valence-corrected chi connectivity index (χ0v) is 16.1. The van der Waals surface area contributed by atoms with E-state index in [9.17, 15) is 9.59 Å². The summed E-state index contributed by atoms with van der Waals surface area (Å²) in [6, 6.07) is 7.51. The van der Waals surface area contributed by atoms with E-state index in [0.29, 0.717) is 18.7 Å². The van der Waals surface area contributed by atoms with E-state index in [4.69, 9.17) is 15.2 Å². The number of amides is 2. The van der Waals surface area contributed by atoms with Crippen LogP contribution in [0.1, 0.15) is 52.5 Å². The third-order valence-corrected chi connectivity index (χ3v) is 4.90. The van der Waals surface area contributed by atoms with E-state index < -0.39 is 12.2 Å². The van der Waals surface area contributed by atoms with Crippen molar-refractivity contribution in [3.63, 3.8) is 0 Å². The third-order valence-electron chi connectivity index (χ3n) is 4.90. The number of primary amides is 1. The topological polar surface area (TPSA) is 90.7 Å². The van der Waals surface area contributed by atoms with E-state index in [1.54, 1.807) is 6.07 Å². The van der Waals surface area contributed by atoms with Gasteiger partial charge in [-0.2, -0.15) is 0 Å². The predicted molar refractivity (Wildman–Crippen MR) is 100 cm³/mol. The van der Waals surface area contributed by atoms with Gasteiger partial charge in [0.1, 0.15) is 11.9 Å². The van der Waals surface area contributed by atoms with Gasteiger partial charge in [0.25, 0.3) is 0 Å². The molecule has 3 N–H and O–H groups in total. The van der Waals surface area contributed by atoms with Crippen LogP contribution in [-0.2, 0) is 11.2 Å². The lowest BCUT2D eigenvalue weighted by atomic mass is 9.63. The number of para-hydroxylation sites is 1. The van der Waals surface area contributed by atoms with Crippen molar-refractivity contribution in [3.05, 3.63) is 29.8 Å². The number of carbonyl (C=O) groups excluding carboxylic acids is 2. The molecule has 0 saturated heterocycles. The molecule has 0 bridgehead atoms. The fraction of sp³-hybridized carbons (Fsp3) is 0.600. The molecule has 0 spiro atoms. The summed E-state index contributed by atoms with van der Waals surface area (Å²) in [5, 5.41) is 2.87. The van der Waals surface area contributed by atoms with E-state index >= 15 is 0 Å². The molecule has 6 heteroatoms. The molecule has 1 aliphatic rings. The normalized spacial score (nSPS) is 24.5. The summed E-state index contributed by atoms with van der Waals surface area (Å²) < 4.78 is 10.7. The molecule has 2 rings (SSSR count). The van der Waals surface area contributed by atoms with Gasteiger partial charge in [0.15, 0.2) is 0 Å². The lowest BCUT2D eigenvalue weighted by Crippen LogP contribution is -2.47. The number of aryl methyl sites for hydroxylation is 1. The van der Waals surface area contributed by atoms with E-state index in [-0.39, 0.29) is 16.9 Å². The second-order valence-electron chi connectivity index (χ2n) is 8.32. The van der Waals surface area contributed by atoms with Gasteiger partial charge in [0.05, 0.1) is 0 Å². The van der Waals surface area contributed by atoms with Crippen LogP contribution in [0.4, 0.5) is 9.59 Å². The zero-order valence-electron chi connectivity index (χ0n) is 16.1. The van der Waals surface area contributed by atoms with Crippen molar-refractivity contribution in [1.82, 2.24) is 5.32 Å². The highest BCUT2D eigenvalue weighted by Crippen LogP contribution is 2.46. The standard InChI is InChI=1S/C20H30N2O4/c1-5-14-8-6-7-9-16(14)26-18(24)22-13-20(4)11-15(25-17(21)23)10-19(2,3)12-20/h6-9,15H,5,10-13H2,1-4H3,(H2,21,23)(H,22,24). The molecule has 144 valence electrons. The largest absolute Gasteiger partial charge is 0.446 e. The summed E-state index contributed by atoms with van der Waals surface area (Å²) in [4.78, 5) is 23.4. The molecular formula is C20H30N2O4. The molecule has 26 heavy (non-hydrogen) atoms. The van der Waals surface area contributed by atoms with Crippen LogP contribution in [0.2, 0.25) is 0 Å². The monoisotopic (exact) mass is 362 g/mol. The molecule has 2 unspecified atom stereocenters. The summed E-state index contributed by atoms with van der Waals surface area (Å²) in [5.41, 5.74) is 5.96. The SMILES string of the molecule is CCc1ccccc1OC(=O)NCC1(C)CC(OC(N)=O)CC(C)(C)C1. The Morgan fingerprint density at radius 2 is 1.92 bits per heavy atom. The van der Waals surface area contributed by atoms with Crippen LogP contribution < -0.4 is 15.8 Å². The van der Waals surface area contributed by atoms with E-state index in [1.807, 2.05) is 25.1 Å². The highest BCUT2D eigenvalue weighted by atomic mass is 16.6. The van der Waals surface area contributed by atoms with Crippen molar-refractivity contribution < 1.29 is 19.1 Å². The van der Waals surface area contributed by atoms with Gasteiger partial charge in [0, 0.05) is 6.54 Å². The summed E-state index contributed by atoms with van der Waals surface area (Å²) in [6.07, 6.45) is 1.66. The average Bonchev–Trinajstić information content (AvgIpc) is 2.51. The van der Waals surface area contributed by atoms with Crippen LogP contribution in [-0.4, -0.2) is 24.8 Å². The quantitative estimate of drug-likeness (QED) is 0.828. The second-order valence-corrected chi connectivity index (χ2v) is 8.32. The van der Waals surface area contributed by atoms with Gasteiger partial charge in [-0.3, -0.25) is 0 Å². The van der Waals surface area contributed by atoms with Crippen molar-refractivity contribution in [3.8, 4) is 5.75 Å². The zero-order chi connectivity index (χ0) is 19.4. The van der Waals surface area contributed by atoms with E-state index in [1.165, 1.54) is 0 Å². The molecule has 1 aliphatic carbocycles. The molecule has 1 fully saturated rings. The van der Waals surface area contributed by atoms with Crippen LogP contribution >= 0.6 is 0 Å². The minimum Gasteiger partial charge on any atom is -0.446 e. The molecule has 0 aromatic heterocycles. The Bertz CT molecular complexity index is 659. The van der Waals surface area contributed by atoms with Gasteiger partial charge in [-0.25, -0.2) is 9.59 Å². The van der Waals surface area contributed by atoms with Crippen LogP contribution in [0, 0.1) is 10.8 Å². The van der Waals surface area contributed by atoms with Crippen LogP contribution in [0.15, 0.2) is 24.3 Å². The average molecular weight is 362 g/mol. The molecule has 0 aliphatic heterocycles. The number of carbonyl (C=O) groups is 2. The van der Waals surface area contributed by atoms with E-state index in [0.717, 1.165) is 24.8 Å². The Balaban J connectivity index is 1.97. The first-order valence-electron chi connectivity index (χ1n) is 9.12.